The highest BCUT2D eigenvalue weighted by Gasteiger charge is 2.14. The van der Waals surface area contributed by atoms with Crippen LogP contribution in [0.1, 0.15) is 5.56 Å². The summed E-state index contributed by atoms with van der Waals surface area (Å²) in [4.78, 5) is 30.6. The summed E-state index contributed by atoms with van der Waals surface area (Å²) in [5, 5.41) is 9.50. The van der Waals surface area contributed by atoms with Crippen LogP contribution in [0.3, 0.4) is 0 Å². The van der Waals surface area contributed by atoms with Gasteiger partial charge in [-0.15, -0.1) is 0 Å². The third-order valence-electron chi connectivity index (χ3n) is 2.68. The zero-order chi connectivity index (χ0) is 13.1. The Hall–Kier alpha value is -2.37. The number of aromatic amines is 1. The van der Waals surface area contributed by atoms with Gasteiger partial charge < -0.3 is 15.0 Å². The summed E-state index contributed by atoms with van der Waals surface area (Å²) in [6.07, 6.45) is 3.56. The lowest BCUT2D eigenvalue weighted by atomic mass is 10.1. The van der Waals surface area contributed by atoms with Crippen molar-refractivity contribution in [2.45, 2.75) is 6.42 Å². The minimum absolute atomic E-state index is 0.162. The number of rotatable bonds is 4. The molecule has 6 heteroatoms. The highest BCUT2D eigenvalue weighted by molar-refractivity contribution is 5.88. The molecule has 94 valence electrons. The maximum absolute atomic E-state index is 11.8. The van der Waals surface area contributed by atoms with Crippen molar-refractivity contribution in [1.29, 1.82) is 0 Å². The first-order valence-corrected chi connectivity index (χ1v) is 5.44. The van der Waals surface area contributed by atoms with Crippen molar-refractivity contribution in [3.05, 3.63) is 30.1 Å². The predicted octanol–water partition coefficient (Wildman–Crippen LogP) is 0.648. The van der Waals surface area contributed by atoms with E-state index in [-0.39, 0.29) is 18.9 Å². The molecule has 0 spiro atoms. The van der Waals surface area contributed by atoms with Crippen molar-refractivity contribution in [3.8, 4) is 0 Å². The number of likely N-dealkylation sites (N-methyl/N-ethyl adjacent to an activating group) is 1. The molecule has 1 amide bonds. The third-order valence-corrected chi connectivity index (χ3v) is 2.68. The van der Waals surface area contributed by atoms with Crippen LogP contribution >= 0.6 is 0 Å². The summed E-state index contributed by atoms with van der Waals surface area (Å²) in [5.74, 6) is -1.26. The third kappa shape index (κ3) is 2.48. The molecule has 18 heavy (non-hydrogen) atoms. The SMILES string of the molecule is CN(CC(=O)O)C(=O)Cc1c[nH]c2ncccc12. The summed E-state index contributed by atoms with van der Waals surface area (Å²) >= 11 is 0. The Morgan fingerprint density at radius 2 is 2.28 bits per heavy atom. The number of fused-ring (bicyclic) bond motifs is 1. The van der Waals surface area contributed by atoms with E-state index in [9.17, 15) is 9.59 Å². The molecule has 2 aromatic heterocycles. The first-order chi connectivity index (χ1) is 8.58. The molecule has 0 saturated carbocycles. The fourth-order valence-electron chi connectivity index (χ4n) is 1.75. The molecule has 0 saturated heterocycles. The van der Waals surface area contributed by atoms with Crippen LogP contribution in [0.15, 0.2) is 24.5 Å². The van der Waals surface area contributed by atoms with Gasteiger partial charge in [-0.3, -0.25) is 9.59 Å². The molecule has 2 N–H and O–H groups in total. The molecule has 2 aromatic rings. The molecule has 0 aliphatic carbocycles. The molecule has 0 aliphatic rings. The van der Waals surface area contributed by atoms with Crippen LogP contribution in [0.4, 0.5) is 0 Å². The second-order valence-corrected chi connectivity index (χ2v) is 4.03. The number of nitrogens with zero attached hydrogens (tertiary/aromatic N) is 2. The summed E-state index contributed by atoms with van der Waals surface area (Å²) in [7, 11) is 1.48. The zero-order valence-electron chi connectivity index (χ0n) is 9.88. The lowest BCUT2D eigenvalue weighted by molar-refractivity contribution is -0.143. The number of H-pyrrole nitrogens is 1. The van der Waals surface area contributed by atoms with Gasteiger partial charge in [0.1, 0.15) is 12.2 Å². The van der Waals surface area contributed by atoms with Crippen molar-refractivity contribution < 1.29 is 14.7 Å². The second kappa shape index (κ2) is 4.87. The standard InChI is InChI=1S/C12H13N3O3/c1-15(7-11(17)18)10(16)5-8-6-14-12-9(8)3-2-4-13-12/h2-4,6H,5,7H2,1H3,(H,13,14)(H,17,18). The number of amides is 1. The van der Waals surface area contributed by atoms with E-state index in [1.807, 2.05) is 6.07 Å². The van der Waals surface area contributed by atoms with Gasteiger partial charge in [0.25, 0.3) is 0 Å². The summed E-state index contributed by atoms with van der Waals surface area (Å²) < 4.78 is 0. The number of pyridine rings is 1. The topological polar surface area (TPSA) is 86.3 Å². The maximum Gasteiger partial charge on any atom is 0.323 e. The molecule has 2 heterocycles. The smallest absolute Gasteiger partial charge is 0.323 e. The van der Waals surface area contributed by atoms with Gasteiger partial charge in [0.15, 0.2) is 0 Å². The highest BCUT2D eigenvalue weighted by Crippen LogP contribution is 2.16. The van der Waals surface area contributed by atoms with E-state index >= 15 is 0 Å². The second-order valence-electron chi connectivity index (χ2n) is 4.03. The molecule has 0 aromatic carbocycles. The predicted molar refractivity (Wildman–Crippen MR) is 65.1 cm³/mol. The molecule has 0 bridgehead atoms. The Morgan fingerprint density at radius 3 is 3.00 bits per heavy atom. The van der Waals surface area contributed by atoms with Crippen LogP contribution in [0.25, 0.3) is 11.0 Å². The van der Waals surface area contributed by atoms with E-state index in [0.717, 1.165) is 16.6 Å². The van der Waals surface area contributed by atoms with Crippen LogP contribution in [0.5, 0.6) is 0 Å². The van der Waals surface area contributed by atoms with Gasteiger partial charge in [-0.05, 0) is 17.7 Å². The van der Waals surface area contributed by atoms with Crippen molar-refractivity contribution in [2.24, 2.45) is 0 Å². The van der Waals surface area contributed by atoms with Gasteiger partial charge in [0.2, 0.25) is 5.91 Å². The fourth-order valence-corrected chi connectivity index (χ4v) is 1.75. The van der Waals surface area contributed by atoms with Crippen molar-refractivity contribution in [3.63, 3.8) is 0 Å². The van der Waals surface area contributed by atoms with E-state index in [1.165, 1.54) is 11.9 Å². The number of aliphatic carboxylic acids is 1. The number of hydrogen-bond donors (Lipinski definition) is 2. The Balaban J connectivity index is 2.14. The number of aromatic nitrogens is 2. The number of carboxylic acids is 1. The molecular weight excluding hydrogens is 234 g/mol. The minimum Gasteiger partial charge on any atom is -0.480 e. The van der Waals surface area contributed by atoms with Gasteiger partial charge in [0, 0.05) is 24.8 Å². The van der Waals surface area contributed by atoms with Crippen molar-refractivity contribution in [2.75, 3.05) is 13.6 Å². The highest BCUT2D eigenvalue weighted by atomic mass is 16.4. The largest absolute Gasteiger partial charge is 0.480 e. The van der Waals surface area contributed by atoms with Crippen LogP contribution < -0.4 is 0 Å². The van der Waals surface area contributed by atoms with Gasteiger partial charge in [-0.2, -0.15) is 0 Å². The van der Waals surface area contributed by atoms with Gasteiger partial charge >= 0.3 is 5.97 Å². The molecule has 0 atom stereocenters. The van der Waals surface area contributed by atoms with Gasteiger partial charge in [-0.25, -0.2) is 4.98 Å². The number of hydrogen-bond acceptors (Lipinski definition) is 3. The van der Waals surface area contributed by atoms with Gasteiger partial charge in [-0.1, -0.05) is 0 Å². The first-order valence-electron chi connectivity index (χ1n) is 5.44. The quantitative estimate of drug-likeness (QED) is 0.830. The zero-order valence-corrected chi connectivity index (χ0v) is 9.88. The normalized spacial score (nSPS) is 10.5. The number of carbonyl (C=O) groups excluding carboxylic acids is 1. The molecule has 0 radical (unpaired) electrons. The molecule has 0 fully saturated rings. The van der Waals surface area contributed by atoms with Gasteiger partial charge in [0.05, 0.1) is 6.42 Å². The summed E-state index contributed by atoms with van der Waals surface area (Å²) in [6.45, 7) is -0.292. The van der Waals surface area contributed by atoms with Crippen molar-refractivity contribution in [1.82, 2.24) is 14.9 Å². The summed E-state index contributed by atoms with van der Waals surface area (Å²) in [5.41, 5.74) is 1.54. The number of carbonyl (C=O) groups is 2. The van der Waals surface area contributed by atoms with Crippen LogP contribution in [-0.2, 0) is 16.0 Å². The molecule has 0 aliphatic heterocycles. The van der Waals surface area contributed by atoms with Crippen molar-refractivity contribution >= 4 is 22.9 Å². The first kappa shape index (κ1) is 12.1. The Kier molecular flexibility index (Phi) is 3.27. The lowest BCUT2D eigenvalue weighted by Crippen LogP contribution is -2.33. The van der Waals surface area contributed by atoms with E-state index in [2.05, 4.69) is 9.97 Å². The monoisotopic (exact) mass is 247 g/mol. The molecular formula is C12H13N3O3. The average Bonchev–Trinajstić information content (AvgIpc) is 2.72. The lowest BCUT2D eigenvalue weighted by Gasteiger charge is -2.13. The van der Waals surface area contributed by atoms with Crippen LogP contribution in [0.2, 0.25) is 0 Å². The molecule has 0 unspecified atom stereocenters. The summed E-state index contributed by atoms with van der Waals surface area (Å²) in [6, 6.07) is 3.67. The Bertz CT molecular complexity index is 591. The van der Waals surface area contributed by atoms with E-state index < -0.39 is 5.97 Å². The number of carboxylic acid groups (broad SMARTS) is 1. The van der Waals surface area contributed by atoms with Crippen LogP contribution in [-0.4, -0.2) is 45.4 Å². The minimum atomic E-state index is -1.02. The average molecular weight is 247 g/mol. The maximum atomic E-state index is 11.8. The van der Waals surface area contributed by atoms with E-state index in [4.69, 9.17) is 5.11 Å². The number of nitrogens with one attached hydrogen (secondary N) is 1. The van der Waals surface area contributed by atoms with Crippen LogP contribution in [0, 0.1) is 0 Å². The Labute approximate surface area is 103 Å². The van der Waals surface area contributed by atoms with E-state index in [0.29, 0.717) is 0 Å². The Morgan fingerprint density at radius 1 is 1.50 bits per heavy atom. The fraction of sp³-hybridized carbons (Fsp3) is 0.250. The van der Waals surface area contributed by atoms with E-state index in [1.54, 1.807) is 18.5 Å². The molecule has 2 rings (SSSR count). The molecule has 6 nitrogen and oxygen atoms in total.